The average Bonchev–Trinajstić information content (AvgIpc) is 2.80. The van der Waals surface area contributed by atoms with Crippen LogP contribution in [0.15, 0.2) is 48.0 Å². The Labute approximate surface area is 184 Å². The molecule has 0 bridgehead atoms. The zero-order valence-corrected chi connectivity index (χ0v) is 18.5. The number of methoxy groups -OCH3 is 1. The molecule has 6 nitrogen and oxygen atoms in total. The number of nitrogens with zero attached hydrogens (tertiary/aromatic N) is 1. The predicted octanol–water partition coefficient (Wildman–Crippen LogP) is 3.87. The highest BCUT2D eigenvalue weighted by Crippen LogP contribution is 2.30. The molecule has 1 fully saturated rings. The van der Waals surface area contributed by atoms with Gasteiger partial charge < -0.3 is 24.0 Å². The van der Waals surface area contributed by atoms with E-state index in [1.807, 2.05) is 36.4 Å². The number of carbonyl (C=O) groups is 1. The lowest BCUT2D eigenvalue weighted by Crippen LogP contribution is -2.50. The number of anilines is 1. The van der Waals surface area contributed by atoms with Gasteiger partial charge in [0, 0.05) is 29.7 Å². The van der Waals surface area contributed by atoms with E-state index in [2.05, 4.69) is 31.5 Å². The number of hydrogen-bond acceptors (Lipinski definition) is 4. The highest BCUT2D eigenvalue weighted by Gasteiger charge is 2.30. The minimum absolute atomic E-state index is 0.153. The molecule has 4 rings (SSSR count). The molecular weight excluding hydrogens is 392 g/mol. The van der Waals surface area contributed by atoms with Crippen molar-refractivity contribution in [2.75, 3.05) is 46.3 Å². The van der Waals surface area contributed by atoms with Crippen molar-refractivity contribution >= 4 is 17.7 Å². The van der Waals surface area contributed by atoms with Crippen molar-refractivity contribution in [2.24, 2.45) is 0 Å². The van der Waals surface area contributed by atoms with Crippen LogP contribution in [0, 0.1) is 0 Å². The van der Waals surface area contributed by atoms with E-state index < -0.39 is 0 Å². The summed E-state index contributed by atoms with van der Waals surface area (Å²) in [7, 11) is 6.19. The predicted molar refractivity (Wildman–Crippen MR) is 121 cm³/mol. The first kappa shape index (κ1) is 21.4. The first-order chi connectivity index (χ1) is 14.9. The van der Waals surface area contributed by atoms with E-state index in [1.165, 1.54) is 5.56 Å². The van der Waals surface area contributed by atoms with Crippen molar-refractivity contribution in [3.05, 3.63) is 59.2 Å². The Morgan fingerprint density at radius 2 is 1.87 bits per heavy atom. The van der Waals surface area contributed by atoms with Gasteiger partial charge in [-0.1, -0.05) is 12.1 Å². The SMILES string of the molecule is COc1ccc2c(c1)C=C(C(=O)Nc1ccc(C[N+](C)(C)C3CCOCC3)cc1)CO2. The molecule has 0 atom stereocenters. The second kappa shape index (κ2) is 9.12. The summed E-state index contributed by atoms with van der Waals surface area (Å²) in [6.45, 7) is 2.92. The Morgan fingerprint density at radius 1 is 1.13 bits per heavy atom. The monoisotopic (exact) mass is 423 g/mol. The summed E-state index contributed by atoms with van der Waals surface area (Å²) in [6.07, 6.45) is 4.07. The third-order valence-electron chi connectivity index (χ3n) is 6.20. The van der Waals surface area contributed by atoms with E-state index in [0.29, 0.717) is 11.6 Å². The number of benzene rings is 2. The quantitative estimate of drug-likeness (QED) is 0.717. The van der Waals surface area contributed by atoms with Gasteiger partial charge >= 0.3 is 0 Å². The van der Waals surface area contributed by atoms with Gasteiger partial charge in [-0.3, -0.25) is 4.79 Å². The van der Waals surface area contributed by atoms with Crippen molar-refractivity contribution in [3.8, 4) is 11.5 Å². The molecule has 0 unspecified atom stereocenters. The molecule has 2 heterocycles. The van der Waals surface area contributed by atoms with Crippen LogP contribution < -0.4 is 14.8 Å². The maximum absolute atomic E-state index is 12.7. The second-order valence-corrected chi connectivity index (χ2v) is 8.79. The molecule has 1 saturated heterocycles. The fourth-order valence-electron chi connectivity index (χ4n) is 4.30. The van der Waals surface area contributed by atoms with Crippen molar-refractivity contribution in [2.45, 2.75) is 25.4 Å². The van der Waals surface area contributed by atoms with Crippen molar-refractivity contribution in [3.63, 3.8) is 0 Å². The zero-order chi connectivity index (χ0) is 21.8. The summed E-state index contributed by atoms with van der Waals surface area (Å²) in [5.74, 6) is 1.34. The van der Waals surface area contributed by atoms with Gasteiger partial charge in [-0.25, -0.2) is 0 Å². The number of rotatable bonds is 6. The molecule has 2 aliphatic rings. The van der Waals surface area contributed by atoms with E-state index in [9.17, 15) is 4.79 Å². The molecule has 2 aliphatic heterocycles. The molecule has 0 saturated carbocycles. The van der Waals surface area contributed by atoms with Gasteiger partial charge in [0.05, 0.1) is 46.0 Å². The van der Waals surface area contributed by atoms with Crippen LogP contribution >= 0.6 is 0 Å². The maximum atomic E-state index is 12.7. The molecule has 0 aromatic heterocycles. The Morgan fingerprint density at radius 3 is 2.58 bits per heavy atom. The summed E-state index contributed by atoms with van der Waals surface area (Å²) < 4.78 is 17.4. The molecule has 164 valence electrons. The van der Waals surface area contributed by atoms with Gasteiger partial charge in [-0.15, -0.1) is 0 Å². The fraction of sp³-hybridized carbons (Fsp3) is 0.400. The Bertz CT molecular complexity index is 960. The summed E-state index contributed by atoms with van der Waals surface area (Å²) >= 11 is 0. The first-order valence-corrected chi connectivity index (χ1v) is 10.8. The van der Waals surface area contributed by atoms with Gasteiger partial charge in [0.2, 0.25) is 0 Å². The highest BCUT2D eigenvalue weighted by molar-refractivity contribution is 6.07. The summed E-state index contributed by atoms with van der Waals surface area (Å²) in [5, 5.41) is 2.98. The molecule has 2 aromatic rings. The zero-order valence-electron chi connectivity index (χ0n) is 18.5. The van der Waals surface area contributed by atoms with Crippen LogP contribution in [0.2, 0.25) is 0 Å². The van der Waals surface area contributed by atoms with Crippen LogP contribution in [0.25, 0.3) is 6.08 Å². The van der Waals surface area contributed by atoms with Gasteiger partial charge in [0.15, 0.2) is 0 Å². The minimum Gasteiger partial charge on any atom is -0.497 e. The largest absolute Gasteiger partial charge is 0.497 e. The third kappa shape index (κ3) is 5.09. The molecular formula is C25H31N2O4+. The lowest BCUT2D eigenvalue weighted by atomic mass is 10.0. The van der Waals surface area contributed by atoms with Crippen molar-refractivity contribution < 1.29 is 23.5 Å². The van der Waals surface area contributed by atoms with E-state index >= 15 is 0 Å². The standard InChI is InChI=1S/C25H30N2O4/c1-27(2,22-10-12-30-13-11-22)16-18-4-6-21(7-5-18)26-25(28)20-14-19-15-23(29-3)8-9-24(19)31-17-20/h4-9,14-15,22H,10-13,16-17H2,1-3H3/p+1. The maximum Gasteiger partial charge on any atom is 0.255 e. The smallest absolute Gasteiger partial charge is 0.255 e. The molecule has 0 spiro atoms. The number of quaternary nitrogens is 1. The van der Waals surface area contributed by atoms with E-state index in [-0.39, 0.29) is 12.5 Å². The third-order valence-corrected chi connectivity index (χ3v) is 6.20. The molecule has 0 radical (unpaired) electrons. The first-order valence-electron chi connectivity index (χ1n) is 10.8. The number of fused-ring (bicyclic) bond motifs is 1. The Hall–Kier alpha value is -2.83. The van der Waals surface area contributed by atoms with Crippen LogP contribution in [0.5, 0.6) is 11.5 Å². The van der Waals surface area contributed by atoms with E-state index in [4.69, 9.17) is 14.2 Å². The number of amides is 1. The van der Waals surface area contributed by atoms with E-state index in [1.54, 1.807) is 7.11 Å². The topological polar surface area (TPSA) is 56.8 Å². The summed E-state index contributed by atoms with van der Waals surface area (Å²) in [6, 6.07) is 14.3. The minimum atomic E-state index is -0.153. The summed E-state index contributed by atoms with van der Waals surface area (Å²) in [4.78, 5) is 12.7. The lowest BCUT2D eigenvalue weighted by Gasteiger charge is -2.40. The van der Waals surface area contributed by atoms with E-state index in [0.717, 1.165) is 59.8 Å². The number of hydrogen-bond donors (Lipinski definition) is 1. The Kier molecular flexibility index (Phi) is 6.30. The van der Waals surface area contributed by atoms with Crippen molar-refractivity contribution in [1.29, 1.82) is 0 Å². The normalized spacial score (nSPS) is 16.7. The van der Waals surface area contributed by atoms with Gasteiger partial charge in [-0.2, -0.15) is 0 Å². The molecule has 0 aliphatic carbocycles. The molecule has 31 heavy (non-hydrogen) atoms. The molecule has 6 heteroatoms. The Balaban J connectivity index is 1.39. The van der Waals surface area contributed by atoms with Gasteiger partial charge in [0.25, 0.3) is 5.91 Å². The number of carbonyl (C=O) groups excluding carboxylic acids is 1. The number of ether oxygens (including phenoxy) is 3. The fourth-order valence-corrected chi connectivity index (χ4v) is 4.30. The van der Waals surface area contributed by atoms with Crippen LogP contribution in [-0.4, -0.2) is 57.5 Å². The molecule has 1 amide bonds. The van der Waals surface area contributed by atoms with Crippen LogP contribution in [0.1, 0.15) is 24.0 Å². The molecule has 1 N–H and O–H groups in total. The van der Waals surface area contributed by atoms with Crippen LogP contribution in [-0.2, 0) is 16.1 Å². The van der Waals surface area contributed by atoms with Gasteiger partial charge in [0.1, 0.15) is 24.7 Å². The average molecular weight is 424 g/mol. The number of nitrogens with one attached hydrogen (secondary N) is 1. The second-order valence-electron chi connectivity index (χ2n) is 8.79. The van der Waals surface area contributed by atoms with Crippen molar-refractivity contribution in [1.82, 2.24) is 0 Å². The van der Waals surface area contributed by atoms with Crippen LogP contribution in [0.4, 0.5) is 5.69 Å². The molecule has 2 aromatic carbocycles. The lowest BCUT2D eigenvalue weighted by molar-refractivity contribution is -0.929. The van der Waals surface area contributed by atoms with Gasteiger partial charge in [-0.05, 0) is 36.4 Å². The summed E-state index contributed by atoms with van der Waals surface area (Å²) in [5.41, 5.74) is 3.47. The van der Waals surface area contributed by atoms with Crippen LogP contribution in [0.3, 0.4) is 0 Å². The highest BCUT2D eigenvalue weighted by atomic mass is 16.5.